The van der Waals surface area contributed by atoms with Gasteiger partial charge in [-0.3, -0.25) is 19.3 Å². The van der Waals surface area contributed by atoms with Crippen LogP contribution in [0.2, 0.25) is 0 Å². The molecule has 0 atom stereocenters. The van der Waals surface area contributed by atoms with Crippen molar-refractivity contribution in [3.8, 4) is 0 Å². The van der Waals surface area contributed by atoms with Gasteiger partial charge < -0.3 is 5.32 Å². The van der Waals surface area contributed by atoms with Crippen LogP contribution in [0.25, 0.3) is 0 Å². The van der Waals surface area contributed by atoms with E-state index < -0.39 is 11.8 Å². The number of rotatable bonds is 5. The molecule has 3 amide bonds. The Kier molecular flexibility index (Phi) is 5.55. The number of imide groups is 1. The van der Waals surface area contributed by atoms with Crippen LogP contribution in [0.15, 0.2) is 11.8 Å². The maximum Gasteiger partial charge on any atom is 0.277 e. The minimum atomic E-state index is -0.405. The van der Waals surface area contributed by atoms with Gasteiger partial charge in [0.15, 0.2) is 0 Å². The fourth-order valence-corrected chi connectivity index (χ4v) is 1.81. The maximum absolute atomic E-state index is 11.9. The standard InChI is InChI=1S/C13H20N2O3/c1-3-4-5-6-7-8-11-13(18)15(10(2)16)9-12(17)14-11/h8H,3-7,9H2,1-2H3,(H,14,17)/b11-8-. The summed E-state index contributed by atoms with van der Waals surface area (Å²) < 4.78 is 0. The lowest BCUT2D eigenvalue weighted by Gasteiger charge is -2.25. The zero-order chi connectivity index (χ0) is 13.5. The molecule has 1 aliphatic rings. The summed E-state index contributed by atoms with van der Waals surface area (Å²) in [6.07, 6.45) is 6.88. The summed E-state index contributed by atoms with van der Waals surface area (Å²) >= 11 is 0. The lowest BCUT2D eigenvalue weighted by Crippen LogP contribution is -2.51. The van der Waals surface area contributed by atoms with Crippen LogP contribution in [-0.2, 0) is 14.4 Å². The third-order valence-electron chi connectivity index (χ3n) is 2.84. The fourth-order valence-electron chi connectivity index (χ4n) is 1.81. The van der Waals surface area contributed by atoms with Crippen molar-refractivity contribution in [2.45, 2.75) is 46.0 Å². The molecule has 1 saturated heterocycles. The molecule has 1 heterocycles. The van der Waals surface area contributed by atoms with E-state index in [1.165, 1.54) is 13.3 Å². The molecule has 5 heteroatoms. The average molecular weight is 252 g/mol. The lowest BCUT2D eigenvalue weighted by atomic mass is 10.1. The Labute approximate surface area is 107 Å². The first-order valence-corrected chi connectivity index (χ1v) is 6.38. The molecule has 0 aromatic rings. The Morgan fingerprint density at radius 3 is 2.67 bits per heavy atom. The summed E-state index contributed by atoms with van der Waals surface area (Å²) in [6, 6.07) is 0. The summed E-state index contributed by atoms with van der Waals surface area (Å²) in [7, 11) is 0. The zero-order valence-corrected chi connectivity index (χ0v) is 11.0. The summed E-state index contributed by atoms with van der Waals surface area (Å²) in [5.41, 5.74) is 0.234. The van der Waals surface area contributed by atoms with Crippen LogP contribution in [0.3, 0.4) is 0 Å². The molecular formula is C13H20N2O3. The van der Waals surface area contributed by atoms with Gasteiger partial charge in [-0.2, -0.15) is 0 Å². The molecule has 0 saturated carbocycles. The van der Waals surface area contributed by atoms with Crippen molar-refractivity contribution in [3.63, 3.8) is 0 Å². The highest BCUT2D eigenvalue weighted by Crippen LogP contribution is 2.09. The van der Waals surface area contributed by atoms with Gasteiger partial charge >= 0.3 is 0 Å². The highest BCUT2D eigenvalue weighted by atomic mass is 16.2. The fraction of sp³-hybridized carbons (Fsp3) is 0.615. The number of carbonyl (C=O) groups excluding carboxylic acids is 3. The molecule has 5 nitrogen and oxygen atoms in total. The minimum Gasteiger partial charge on any atom is -0.320 e. The smallest absolute Gasteiger partial charge is 0.277 e. The van der Waals surface area contributed by atoms with Gasteiger partial charge in [-0.05, 0) is 12.8 Å². The van der Waals surface area contributed by atoms with Crippen molar-refractivity contribution in [2.75, 3.05) is 6.54 Å². The molecule has 0 aromatic carbocycles. The number of hydrogen-bond donors (Lipinski definition) is 1. The molecule has 1 aliphatic heterocycles. The lowest BCUT2D eigenvalue weighted by molar-refractivity contribution is -0.147. The van der Waals surface area contributed by atoms with Crippen molar-refractivity contribution in [1.82, 2.24) is 10.2 Å². The van der Waals surface area contributed by atoms with Crippen LogP contribution in [0.5, 0.6) is 0 Å². The van der Waals surface area contributed by atoms with Crippen molar-refractivity contribution >= 4 is 17.7 Å². The molecule has 0 bridgehead atoms. The largest absolute Gasteiger partial charge is 0.320 e. The van der Waals surface area contributed by atoms with Gasteiger partial charge in [0.05, 0.1) is 0 Å². The molecule has 0 aromatic heterocycles. The Balaban J connectivity index is 2.57. The van der Waals surface area contributed by atoms with E-state index in [1.54, 1.807) is 6.08 Å². The molecule has 18 heavy (non-hydrogen) atoms. The second-order valence-electron chi connectivity index (χ2n) is 4.43. The first kappa shape index (κ1) is 14.4. The Hall–Kier alpha value is -1.65. The van der Waals surface area contributed by atoms with E-state index in [1.807, 2.05) is 0 Å². The Bertz CT molecular complexity index is 374. The quantitative estimate of drug-likeness (QED) is 0.593. The van der Waals surface area contributed by atoms with Crippen molar-refractivity contribution < 1.29 is 14.4 Å². The van der Waals surface area contributed by atoms with E-state index in [0.717, 1.165) is 30.6 Å². The van der Waals surface area contributed by atoms with E-state index in [9.17, 15) is 14.4 Å². The van der Waals surface area contributed by atoms with E-state index in [0.29, 0.717) is 0 Å². The van der Waals surface area contributed by atoms with Crippen LogP contribution in [0.4, 0.5) is 0 Å². The van der Waals surface area contributed by atoms with Crippen LogP contribution in [-0.4, -0.2) is 29.2 Å². The van der Waals surface area contributed by atoms with Crippen LogP contribution < -0.4 is 5.32 Å². The number of nitrogens with zero attached hydrogens (tertiary/aromatic N) is 1. The molecule has 0 aliphatic carbocycles. The minimum absolute atomic E-state index is 0.179. The number of carbonyl (C=O) groups is 3. The summed E-state index contributed by atoms with van der Waals surface area (Å²) in [5.74, 6) is -1.12. The second-order valence-corrected chi connectivity index (χ2v) is 4.43. The molecule has 0 radical (unpaired) electrons. The molecule has 0 spiro atoms. The van der Waals surface area contributed by atoms with Gasteiger partial charge in [0.2, 0.25) is 11.8 Å². The number of nitrogens with one attached hydrogen (secondary N) is 1. The number of amides is 3. The molecule has 100 valence electrons. The number of allylic oxidation sites excluding steroid dienone is 1. The SMILES string of the molecule is CCCCCC/C=C1\NC(=O)CN(C(C)=O)C1=O. The first-order chi connectivity index (χ1) is 8.56. The summed E-state index contributed by atoms with van der Waals surface area (Å²) in [4.78, 5) is 35.4. The molecule has 1 N–H and O–H groups in total. The first-order valence-electron chi connectivity index (χ1n) is 6.38. The van der Waals surface area contributed by atoms with Crippen LogP contribution in [0.1, 0.15) is 46.0 Å². The Morgan fingerprint density at radius 2 is 2.06 bits per heavy atom. The third-order valence-corrected chi connectivity index (χ3v) is 2.84. The van der Waals surface area contributed by atoms with E-state index in [4.69, 9.17) is 0 Å². The van der Waals surface area contributed by atoms with Gasteiger partial charge in [0.1, 0.15) is 12.2 Å². The average Bonchev–Trinajstić information content (AvgIpc) is 2.32. The predicted molar refractivity (Wildman–Crippen MR) is 67.4 cm³/mol. The maximum atomic E-state index is 11.9. The summed E-state index contributed by atoms with van der Waals surface area (Å²) in [5, 5.41) is 2.52. The van der Waals surface area contributed by atoms with Crippen molar-refractivity contribution in [2.24, 2.45) is 0 Å². The predicted octanol–water partition coefficient (Wildman–Crippen LogP) is 1.35. The van der Waals surface area contributed by atoms with E-state index in [-0.39, 0.29) is 18.1 Å². The van der Waals surface area contributed by atoms with Gasteiger partial charge in [0.25, 0.3) is 5.91 Å². The number of unbranched alkanes of at least 4 members (excludes halogenated alkanes) is 4. The summed E-state index contributed by atoms with van der Waals surface area (Å²) in [6.45, 7) is 3.24. The van der Waals surface area contributed by atoms with Crippen molar-refractivity contribution in [1.29, 1.82) is 0 Å². The normalized spacial score (nSPS) is 18.1. The van der Waals surface area contributed by atoms with Crippen LogP contribution in [0, 0.1) is 0 Å². The topological polar surface area (TPSA) is 66.5 Å². The van der Waals surface area contributed by atoms with E-state index >= 15 is 0 Å². The van der Waals surface area contributed by atoms with Crippen molar-refractivity contribution in [3.05, 3.63) is 11.8 Å². The second kappa shape index (κ2) is 6.93. The highest BCUT2D eigenvalue weighted by molar-refractivity contribution is 6.10. The molecular weight excluding hydrogens is 232 g/mol. The van der Waals surface area contributed by atoms with Gasteiger partial charge in [0, 0.05) is 6.92 Å². The molecule has 0 unspecified atom stereocenters. The zero-order valence-electron chi connectivity index (χ0n) is 11.0. The Morgan fingerprint density at radius 1 is 1.33 bits per heavy atom. The van der Waals surface area contributed by atoms with Gasteiger partial charge in [-0.15, -0.1) is 0 Å². The number of hydrogen-bond acceptors (Lipinski definition) is 3. The van der Waals surface area contributed by atoms with E-state index in [2.05, 4.69) is 12.2 Å². The van der Waals surface area contributed by atoms with Crippen LogP contribution >= 0.6 is 0 Å². The molecule has 1 fully saturated rings. The van der Waals surface area contributed by atoms with Gasteiger partial charge in [-0.25, -0.2) is 0 Å². The third kappa shape index (κ3) is 3.98. The highest BCUT2D eigenvalue weighted by Gasteiger charge is 2.30. The monoisotopic (exact) mass is 252 g/mol. The number of piperazine rings is 1. The molecule has 1 rings (SSSR count). The van der Waals surface area contributed by atoms with Gasteiger partial charge in [-0.1, -0.05) is 32.3 Å².